The second-order valence-electron chi connectivity index (χ2n) is 12.5. The van der Waals surface area contributed by atoms with E-state index in [4.69, 9.17) is 9.47 Å². The lowest BCUT2D eigenvalue weighted by molar-refractivity contribution is -0.133. The maximum atomic E-state index is 13.8. The lowest BCUT2D eigenvalue weighted by Crippen LogP contribution is -2.45. The minimum Gasteiger partial charge on any atom is -0.384 e. The molecule has 11 heteroatoms. The summed E-state index contributed by atoms with van der Waals surface area (Å²) in [7, 11) is 1.62. The number of aromatic nitrogens is 4. The third kappa shape index (κ3) is 6.60. The van der Waals surface area contributed by atoms with Crippen LogP contribution in [-0.4, -0.2) is 101 Å². The Hall–Kier alpha value is -4.71. The molecule has 0 bridgehead atoms. The molecule has 5 heterocycles. The average molecular weight is 634 g/mol. The number of carbonyl (C=O) groups is 2. The van der Waals surface area contributed by atoms with Gasteiger partial charge in [-0.1, -0.05) is 36.4 Å². The summed E-state index contributed by atoms with van der Waals surface area (Å²) >= 11 is 0. The smallest absolute Gasteiger partial charge is 0.237 e. The number of ether oxygens (including phenoxy) is 2. The van der Waals surface area contributed by atoms with Crippen LogP contribution >= 0.6 is 0 Å². The van der Waals surface area contributed by atoms with E-state index in [9.17, 15) is 9.59 Å². The number of aromatic amines is 1. The van der Waals surface area contributed by atoms with Crippen molar-refractivity contribution >= 4 is 39.6 Å². The van der Waals surface area contributed by atoms with Gasteiger partial charge in [-0.05, 0) is 66.8 Å². The topological polar surface area (TPSA) is 126 Å². The normalized spacial score (nSPS) is 20.2. The summed E-state index contributed by atoms with van der Waals surface area (Å²) in [4.78, 5) is 39.8. The van der Waals surface area contributed by atoms with Crippen molar-refractivity contribution in [3.8, 4) is 11.4 Å². The van der Waals surface area contributed by atoms with Crippen LogP contribution in [0.2, 0.25) is 0 Å². The van der Waals surface area contributed by atoms with Gasteiger partial charge in [-0.2, -0.15) is 5.10 Å². The van der Waals surface area contributed by atoms with E-state index < -0.39 is 5.41 Å². The second-order valence-corrected chi connectivity index (χ2v) is 12.5. The zero-order valence-corrected chi connectivity index (χ0v) is 26.6. The Bertz CT molecular complexity index is 1820. The molecule has 0 aliphatic carbocycles. The molecule has 4 aromatic rings. The van der Waals surface area contributed by atoms with Gasteiger partial charge in [-0.15, -0.1) is 0 Å². The molecule has 2 amide bonds. The Morgan fingerprint density at radius 3 is 2.60 bits per heavy atom. The van der Waals surface area contributed by atoms with E-state index in [1.807, 2.05) is 35.2 Å². The van der Waals surface area contributed by atoms with Crippen molar-refractivity contribution in [3.63, 3.8) is 0 Å². The SMILES string of the molecule is COC[C@@]1(C(=O)Nc2ccc3[nH]nc(C4=CCOCC4)c3c2)CCN(CC(=O)N2CC=C(c3ccc(-c4ncccn4)cc3)CC2)C1. The molecule has 2 N–H and O–H groups in total. The summed E-state index contributed by atoms with van der Waals surface area (Å²) in [6.45, 7) is 4.13. The first kappa shape index (κ1) is 30.9. The number of carbonyl (C=O) groups excluding carboxylic acids is 2. The molecule has 0 unspecified atom stereocenters. The molecule has 1 saturated heterocycles. The number of rotatable bonds is 9. The molecule has 1 atom stereocenters. The number of nitrogens with one attached hydrogen (secondary N) is 2. The summed E-state index contributed by atoms with van der Waals surface area (Å²) in [5, 5.41) is 11.8. The van der Waals surface area contributed by atoms with Crippen LogP contribution in [-0.2, 0) is 19.1 Å². The summed E-state index contributed by atoms with van der Waals surface area (Å²) in [6.07, 6.45) is 9.89. The minimum absolute atomic E-state index is 0.0749. The highest BCUT2D eigenvalue weighted by Gasteiger charge is 2.45. The van der Waals surface area contributed by atoms with Crippen LogP contribution in [0.1, 0.15) is 30.5 Å². The number of amides is 2. The number of H-pyrrole nitrogens is 1. The van der Waals surface area contributed by atoms with Crippen LogP contribution in [0.4, 0.5) is 5.69 Å². The van der Waals surface area contributed by atoms with Crippen molar-refractivity contribution in [1.82, 2.24) is 30.0 Å². The quantitative estimate of drug-likeness (QED) is 0.278. The fraction of sp³-hybridized carbons (Fsp3) is 0.361. The number of fused-ring (bicyclic) bond motifs is 1. The van der Waals surface area contributed by atoms with Crippen molar-refractivity contribution in [3.05, 3.63) is 84.3 Å². The van der Waals surface area contributed by atoms with Gasteiger partial charge in [0.1, 0.15) is 0 Å². The van der Waals surface area contributed by atoms with Gasteiger partial charge in [0.25, 0.3) is 0 Å². The zero-order valence-electron chi connectivity index (χ0n) is 26.6. The number of benzene rings is 2. The van der Waals surface area contributed by atoms with Crippen molar-refractivity contribution in [2.45, 2.75) is 19.3 Å². The molecule has 3 aliphatic rings. The van der Waals surface area contributed by atoms with Gasteiger partial charge in [0, 0.05) is 55.8 Å². The standard InChI is InChI=1S/C36H39N7O4/c1-46-24-36(35(45)39-29-7-8-31-30(21-29)33(41-40-31)27-11-19-47-20-12-27)13-18-42(23-36)22-32(44)43-16-9-26(10-17-43)25-3-5-28(6-4-25)34-37-14-2-15-38-34/h2-9,11,14-15,21H,10,12-13,16-20,22-24H2,1H3,(H,39,45)(H,40,41)/t36-/m1/s1. The molecule has 0 spiro atoms. The van der Waals surface area contributed by atoms with Crippen molar-refractivity contribution in [2.24, 2.45) is 5.41 Å². The van der Waals surface area contributed by atoms with E-state index in [0.29, 0.717) is 57.3 Å². The summed E-state index contributed by atoms with van der Waals surface area (Å²) in [5.74, 6) is 0.682. The van der Waals surface area contributed by atoms with Gasteiger partial charge in [-0.3, -0.25) is 19.6 Å². The van der Waals surface area contributed by atoms with Crippen molar-refractivity contribution in [2.75, 3.05) is 65.0 Å². The van der Waals surface area contributed by atoms with Crippen LogP contribution in [0.3, 0.4) is 0 Å². The Balaban J connectivity index is 0.967. The Morgan fingerprint density at radius 1 is 1.02 bits per heavy atom. The number of anilines is 1. The third-order valence-electron chi connectivity index (χ3n) is 9.42. The van der Waals surface area contributed by atoms with Gasteiger partial charge in [0.05, 0.1) is 43.0 Å². The second kappa shape index (κ2) is 13.6. The van der Waals surface area contributed by atoms with Crippen LogP contribution in [0, 0.1) is 5.41 Å². The zero-order chi connectivity index (χ0) is 32.2. The average Bonchev–Trinajstić information content (AvgIpc) is 3.74. The Labute approximate surface area is 273 Å². The Kier molecular flexibility index (Phi) is 8.92. The fourth-order valence-corrected chi connectivity index (χ4v) is 6.81. The van der Waals surface area contributed by atoms with Crippen LogP contribution < -0.4 is 5.32 Å². The molecule has 11 nitrogen and oxygen atoms in total. The highest BCUT2D eigenvalue weighted by molar-refractivity contribution is 5.99. The van der Waals surface area contributed by atoms with Crippen molar-refractivity contribution < 1.29 is 19.1 Å². The maximum Gasteiger partial charge on any atom is 0.237 e. The molecule has 7 rings (SSSR count). The number of hydrogen-bond donors (Lipinski definition) is 2. The molecule has 0 saturated carbocycles. The number of nitrogens with zero attached hydrogens (tertiary/aromatic N) is 5. The molecular weight excluding hydrogens is 594 g/mol. The van der Waals surface area contributed by atoms with E-state index in [0.717, 1.165) is 46.1 Å². The highest BCUT2D eigenvalue weighted by atomic mass is 16.5. The van der Waals surface area contributed by atoms with Gasteiger partial charge in [-0.25, -0.2) is 9.97 Å². The first-order chi connectivity index (χ1) is 23.0. The van der Waals surface area contributed by atoms with Crippen LogP contribution in [0.25, 0.3) is 33.4 Å². The lowest BCUT2D eigenvalue weighted by atomic mass is 9.86. The summed E-state index contributed by atoms with van der Waals surface area (Å²) in [6, 6.07) is 15.9. The lowest BCUT2D eigenvalue weighted by Gasteiger charge is -2.30. The molecule has 2 aromatic heterocycles. The van der Waals surface area contributed by atoms with E-state index in [1.54, 1.807) is 25.6 Å². The summed E-state index contributed by atoms with van der Waals surface area (Å²) in [5.41, 5.74) is 6.27. The molecule has 1 fully saturated rings. The molecule has 3 aliphatic heterocycles. The molecular formula is C36H39N7O4. The van der Waals surface area contributed by atoms with Gasteiger partial charge in [0.15, 0.2) is 5.82 Å². The van der Waals surface area contributed by atoms with Gasteiger partial charge < -0.3 is 19.7 Å². The van der Waals surface area contributed by atoms with Crippen LogP contribution in [0.15, 0.2) is 73.1 Å². The largest absolute Gasteiger partial charge is 0.384 e. The number of hydrogen-bond acceptors (Lipinski definition) is 8. The molecule has 2 aromatic carbocycles. The molecule has 242 valence electrons. The van der Waals surface area contributed by atoms with E-state index in [-0.39, 0.29) is 25.0 Å². The predicted octanol–water partition coefficient (Wildman–Crippen LogP) is 4.42. The monoisotopic (exact) mass is 633 g/mol. The van der Waals surface area contributed by atoms with Crippen molar-refractivity contribution in [1.29, 1.82) is 0 Å². The van der Waals surface area contributed by atoms with E-state index in [2.05, 4.69) is 54.7 Å². The molecule has 0 radical (unpaired) electrons. The fourth-order valence-electron chi connectivity index (χ4n) is 6.81. The third-order valence-corrected chi connectivity index (χ3v) is 9.42. The minimum atomic E-state index is -0.752. The maximum absolute atomic E-state index is 13.8. The van der Waals surface area contributed by atoms with E-state index in [1.165, 1.54) is 5.57 Å². The van der Waals surface area contributed by atoms with Gasteiger partial charge >= 0.3 is 0 Å². The molecule has 47 heavy (non-hydrogen) atoms. The number of likely N-dealkylation sites (tertiary alicyclic amines) is 1. The van der Waals surface area contributed by atoms with Crippen LogP contribution in [0.5, 0.6) is 0 Å². The summed E-state index contributed by atoms with van der Waals surface area (Å²) < 4.78 is 11.0. The highest BCUT2D eigenvalue weighted by Crippen LogP contribution is 2.34. The van der Waals surface area contributed by atoms with Gasteiger partial charge in [0.2, 0.25) is 11.8 Å². The van der Waals surface area contributed by atoms with E-state index >= 15 is 0 Å². The predicted molar refractivity (Wildman–Crippen MR) is 180 cm³/mol. The first-order valence-electron chi connectivity index (χ1n) is 16.1. The first-order valence-corrected chi connectivity index (χ1v) is 16.1. The Morgan fingerprint density at radius 2 is 1.85 bits per heavy atom. The number of methoxy groups -OCH3 is 1.